The van der Waals surface area contributed by atoms with Crippen LogP contribution in [-0.2, 0) is 18.9 Å². The van der Waals surface area contributed by atoms with E-state index in [0.717, 1.165) is 12.1 Å². The molecule has 0 fully saturated rings. The Morgan fingerprint density at radius 1 is 0.848 bits per heavy atom. The van der Waals surface area contributed by atoms with Crippen LogP contribution in [0, 0.1) is 11.6 Å². The molecule has 172 valence electrons. The molecule has 0 unspecified atom stereocenters. The van der Waals surface area contributed by atoms with Crippen molar-refractivity contribution in [1.82, 2.24) is 19.9 Å². The van der Waals surface area contributed by atoms with E-state index in [-0.39, 0.29) is 22.6 Å². The minimum absolute atomic E-state index is 0.142. The Morgan fingerprint density at radius 3 is 2.12 bits per heavy atom. The van der Waals surface area contributed by atoms with Gasteiger partial charge in [-0.05, 0) is 23.8 Å². The third-order valence-corrected chi connectivity index (χ3v) is 4.49. The van der Waals surface area contributed by atoms with Crippen LogP contribution in [0.2, 0.25) is 0 Å². The fourth-order valence-corrected chi connectivity index (χ4v) is 2.98. The summed E-state index contributed by atoms with van der Waals surface area (Å²) >= 11 is 0. The smallest absolute Gasteiger partial charge is 0.329 e. The molecule has 0 saturated heterocycles. The molecule has 2 heterocycles. The van der Waals surface area contributed by atoms with Gasteiger partial charge in [0, 0.05) is 17.2 Å². The van der Waals surface area contributed by atoms with Gasteiger partial charge in [0.15, 0.2) is 0 Å². The zero-order chi connectivity index (χ0) is 24.0. The van der Waals surface area contributed by atoms with Crippen molar-refractivity contribution >= 4 is 0 Å². The summed E-state index contributed by atoms with van der Waals surface area (Å²) in [5, 5.41) is 7.04. The third-order valence-electron chi connectivity index (χ3n) is 4.49. The number of hydrogen-bond acceptors (Lipinski definition) is 4. The summed E-state index contributed by atoms with van der Waals surface area (Å²) in [4.78, 5) is 3.23. The zero-order valence-corrected chi connectivity index (χ0v) is 16.0. The first-order valence-electron chi connectivity index (χ1n) is 9.02. The Hall–Kier alpha value is -3.77. The van der Waals surface area contributed by atoms with E-state index in [1.165, 1.54) is 24.3 Å². The first kappa shape index (κ1) is 22.4. The molecule has 0 amide bonds. The molecular weight excluding hydrogens is 464 g/mol. The van der Waals surface area contributed by atoms with Crippen molar-refractivity contribution in [2.24, 2.45) is 0 Å². The molecule has 0 radical (unpaired) electrons. The van der Waals surface area contributed by atoms with E-state index >= 15 is 0 Å². The van der Waals surface area contributed by atoms with Crippen LogP contribution in [0.3, 0.4) is 0 Å². The van der Waals surface area contributed by atoms with E-state index in [2.05, 4.69) is 19.8 Å². The number of halogens is 8. The van der Waals surface area contributed by atoms with Gasteiger partial charge in [-0.3, -0.25) is 4.68 Å². The maximum Gasteiger partial charge on any atom is 0.471 e. The number of alkyl halides is 6. The van der Waals surface area contributed by atoms with E-state index in [0.29, 0.717) is 22.4 Å². The second-order valence-electron chi connectivity index (χ2n) is 6.81. The summed E-state index contributed by atoms with van der Waals surface area (Å²) in [6.07, 6.45) is -9.64. The van der Waals surface area contributed by atoms with Gasteiger partial charge < -0.3 is 4.52 Å². The molecule has 13 heteroatoms. The van der Waals surface area contributed by atoms with Crippen molar-refractivity contribution in [3.63, 3.8) is 0 Å². The van der Waals surface area contributed by atoms with Gasteiger partial charge in [-0.15, -0.1) is 0 Å². The molecule has 0 saturated carbocycles. The second-order valence-corrected chi connectivity index (χ2v) is 6.81. The Morgan fingerprint density at radius 2 is 1.55 bits per heavy atom. The van der Waals surface area contributed by atoms with Crippen molar-refractivity contribution in [1.29, 1.82) is 0 Å². The van der Waals surface area contributed by atoms with Crippen LogP contribution in [0.25, 0.3) is 22.6 Å². The molecule has 33 heavy (non-hydrogen) atoms. The molecule has 0 atom stereocenters. The van der Waals surface area contributed by atoms with Gasteiger partial charge in [-0.2, -0.15) is 36.4 Å². The van der Waals surface area contributed by atoms with Gasteiger partial charge in [0.05, 0.1) is 12.2 Å². The second kappa shape index (κ2) is 7.98. The van der Waals surface area contributed by atoms with E-state index in [9.17, 15) is 35.1 Å². The standard InChI is InChI=1S/C20H10F8N4O/c21-12-5-6-13(14(22)7-12)15-8-16(19(23,24)25)32(30-15)9-10-1-3-11(4-2-10)17-29-18(33-31-17)20(26,27)28/h1-8H,9H2. The molecule has 0 aliphatic rings. The van der Waals surface area contributed by atoms with Crippen molar-refractivity contribution in [2.75, 3.05) is 0 Å². The molecular formula is C20H10F8N4O. The predicted octanol–water partition coefficient (Wildman–Crippen LogP) is 5.96. The molecule has 5 nitrogen and oxygen atoms in total. The summed E-state index contributed by atoms with van der Waals surface area (Å²) in [5.74, 6) is -3.85. The first-order chi connectivity index (χ1) is 15.4. The van der Waals surface area contributed by atoms with E-state index in [1.807, 2.05) is 0 Å². The third kappa shape index (κ3) is 4.71. The molecule has 0 bridgehead atoms. The fraction of sp³-hybridized carbons (Fsp3) is 0.150. The Bertz CT molecular complexity index is 1290. The highest BCUT2D eigenvalue weighted by Crippen LogP contribution is 2.34. The van der Waals surface area contributed by atoms with Crippen molar-refractivity contribution < 1.29 is 39.6 Å². The minimum atomic E-state index is -4.82. The Kier molecular flexibility index (Phi) is 5.42. The molecule has 2 aromatic heterocycles. The van der Waals surface area contributed by atoms with Crippen LogP contribution in [-0.4, -0.2) is 19.9 Å². The lowest BCUT2D eigenvalue weighted by Gasteiger charge is -2.10. The van der Waals surface area contributed by atoms with E-state index in [4.69, 9.17) is 0 Å². The monoisotopic (exact) mass is 474 g/mol. The predicted molar refractivity (Wildman–Crippen MR) is 96.4 cm³/mol. The number of hydrogen-bond donors (Lipinski definition) is 0. The lowest BCUT2D eigenvalue weighted by Crippen LogP contribution is -2.15. The van der Waals surface area contributed by atoms with Gasteiger partial charge in [-0.1, -0.05) is 29.4 Å². The van der Waals surface area contributed by atoms with Gasteiger partial charge in [0.2, 0.25) is 5.82 Å². The van der Waals surface area contributed by atoms with Crippen LogP contribution in [0.15, 0.2) is 53.1 Å². The minimum Gasteiger partial charge on any atom is -0.329 e. The zero-order valence-electron chi connectivity index (χ0n) is 16.0. The average molecular weight is 474 g/mol. The first-order valence-corrected chi connectivity index (χ1v) is 9.02. The quantitative estimate of drug-likeness (QED) is 0.343. The average Bonchev–Trinajstić information content (AvgIpc) is 3.36. The molecule has 0 aliphatic carbocycles. The molecule has 0 spiro atoms. The lowest BCUT2D eigenvalue weighted by molar-refractivity contribution is -0.159. The van der Waals surface area contributed by atoms with Gasteiger partial charge in [-0.25, -0.2) is 8.78 Å². The van der Waals surface area contributed by atoms with Crippen molar-refractivity contribution in [3.05, 3.63) is 77.3 Å². The summed E-state index contributed by atoms with van der Waals surface area (Å²) < 4.78 is 110. The number of aromatic nitrogens is 4. The number of nitrogens with zero attached hydrogens (tertiary/aromatic N) is 4. The van der Waals surface area contributed by atoms with Crippen molar-refractivity contribution in [2.45, 2.75) is 18.9 Å². The molecule has 4 aromatic rings. The van der Waals surface area contributed by atoms with E-state index < -0.39 is 42.1 Å². The highest BCUT2D eigenvalue weighted by atomic mass is 19.4. The molecule has 2 aromatic carbocycles. The van der Waals surface area contributed by atoms with Crippen LogP contribution in [0.5, 0.6) is 0 Å². The van der Waals surface area contributed by atoms with E-state index in [1.54, 1.807) is 0 Å². The molecule has 4 rings (SSSR count). The molecule has 0 N–H and O–H groups in total. The highest BCUT2D eigenvalue weighted by Gasteiger charge is 2.38. The van der Waals surface area contributed by atoms with Crippen molar-refractivity contribution in [3.8, 4) is 22.6 Å². The van der Waals surface area contributed by atoms with Crippen LogP contribution in [0.1, 0.15) is 17.1 Å². The van der Waals surface area contributed by atoms with Crippen LogP contribution < -0.4 is 0 Å². The summed E-state index contributed by atoms with van der Waals surface area (Å²) in [6.45, 7) is -0.391. The van der Waals surface area contributed by atoms with Gasteiger partial charge >= 0.3 is 18.2 Å². The highest BCUT2D eigenvalue weighted by molar-refractivity contribution is 5.60. The SMILES string of the molecule is Fc1ccc(-c2cc(C(F)(F)F)n(Cc3ccc(-c4noc(C(F)(F)F)n4)cc3)n2)c(F)c1. The number of benzene rings is 2. The largest absolute Gasteiger partial charge is 0.471 e. The molecule has 0 aliphatic heterocycles. The fourth-order valence-electron chi connectivity index (χ4n) is 2.98. The van der Waals surface area contributed by atoms with Crippen LogP contribution >= 0.6 is 0 Å². The summed E-state index contributed by atoms with van der Waals surface area (Å²) in [5.41, 5.74) is -1.38. The van der Waals surface area contributed by atoms with Crippen LogP contribution in [0.4, 0.5) is 35.1 Å². The normalized spacial score (nSPS) is 12.4. The maximum atomic E-state index is 14.0. The lowest BCUT2D eigenvalue weighted by atomic mass is 10.1. The Labute approximate surface area is 179 Å². The topological polar surface area (TPSA) is 56.7 Å². The summed E-state index contributed by atoms with van der Waals surface area (Å²) in [7, 11) is 0. The number of rotatable bonds is 4. The maximum absolute atomic E-state index is 14.0. The summed E-state index contributed by atoms with van der Waals surface area (Å²) in [6, 6.07) is 8.34. The van der Waals surface area contributed by atoms with Gasteiger partial charge in [0.1, 0.15) is 17.3 Å². The Balaban J connectivity index is 1.63. The van der Waals surface area contributed by atoms with Gasteiger partial charge in [0.25, 0.3) is 0 Å².